The van der Waals surface area contributed by atoms with E-state index in [4.69, 9.17) is 0 Å². The Hall–Kier alpha value is -0.820. The van der Waals surface area contributed by atoms with E-state index in [-0.39, 0.29) is 0 Å². The predicted molar refractivity (Wildman–Crippen MR) is 72.1 cm³/mol. The SMILES string of the molecule is CNCc1c(C(C)C)cc(C)cc1C(C)C. The average molecular weight is 219 g/mol. The molecular weight excluding hydrogens is 194 g/mol. The van der Waals surface area contributed by atoms with E-state index in [1.807, 2.05) is 7.05 Å². The molecule has 1 rings (SSSR count). The molecular formula is C15H25N. The summed E-state index contributed by atoms with van der Waals surface area (Å²) in [6.07, 6.45) is 0. The van der Waals surface area contributed by atoms with Crippen LogP contribution >= 0.6 is 0 Å². The molecule has 90 valence electrons. The van der Waals surface area contributed by atoms with Crippen LogP contribution in [0.2, 0.25) is 0 Å². The average Bonchev–Trinajstić information content (AvgIpc) is 2.19. The third-order valence-electron chi connectivity index (χ3n) is 3.06. The monoisotopic (exact) mass is 219 g/mol. The molecule has 0 aliphatic carbocycles. The van der Waals surface area contributed by atoms with Crippen molar-refractivity contribution in [3.05, 3.63) is 34.4 Å². The van der Waals surface area contributed by atoms with Crippen LogP contribution in [0.1, 0.15) is 61.8 Å². The summed E-state index contributed by atoms with van der Waals surface area (Å²) in [4.78, 5) is 0. The van der Waals surface area contributed by atoms with Gasteiger partial charge in [0.1, 0.15) is 0 Å². The van der Waals surface area contributed by atoms with Gasteiger partial charge in [-0.15, -0.1) is 0 Å². The van der Waals surface area contributed by atoms with E-state index in [0.717, 1.165) is 6.54 Å². The van der Waals surface area contributed by atoms with Crippen LogP contribution in [0.15, 0.2) is 12.1 Å². The van der Waals surface area contributed by atoms with Crippen LogP contribution in [0.4, 0.5) is 0 Å². The van der Waals surface area contributed by atoms with Gasteiger partial charge in [0.05, 0.1) is 0 Å². The lowest BCUT2D eigenvalue weighted by atomic mass is 9.87. The summed E-state index contributed by atoms with van der Waals surface area (Å²) in [6, 6.07) is 4.67. The number of hydrogen-bond acceptors (Lipinski definition) is 1. The molecule has 0 saturated carbocycles. The summed E-state index contributed by atoms with van der Waals surface area (Å²) < 4.78 is 0. The standard InChI is InChI=1S/C15H25N/c1-10(2)13-7-12(5)8-14(11(3)4)15(13)9-16-6/h7-8,10-11,16H,9H2,1-6H3. The van der Waals surface area contributed by atoms with Crippen LogP contribution in [0.3, 0.4) is 0 Å². The summed E-state index contributed by atoms with van der Waals surface area (Å²) in [6.45, 7) is 12.3. The van der Waals surface area contributed by atoms with Gasteiger partial charge in [-0.25, -0.2) is 0 Å². The Kier molecular flexibility index (Phi) is 4.55. The van der Waals surface area contributed by atoms with Gasteiger partial charge in [0.2, 0.25) is 0 Å². The fraction of sp³-hybridized carbons (Fsp3) is 0.600. The second kappa shape index (κ2) is 5.49. The largest absolute Gasteiger partial charge is 0.316 e. The Bertz CT molecular complexity index is 321. The van der Waals surface area contributed by atoms with Crippen molar-refractivity contribution in [2.24, 2.45) is 0 Å². The summed E-state index contributed by atoms with van der Waals surface area (Å²) in [5.74, 6) is 1.20. The molecule has 0 aliphatic rings. The Morgan fingerprint density at radius 2 is 1.44 bits per heavy atom. The fourth-order valence-corrected chi connectivity index (χ4v) is 2.28. The molecule has 0 unspecified atom stereocenters. The molecule has 1 aromatic carbocycles. The molecule has 0 atom stereocenters. The molecule has 0 amide bonds. The van der Waals surface area contributed by atoms with E-state index in [9.17, 15) is 0 Å². The summed E-state index contributed by atoms with van der Waals surface area (Å²) >= 11 is 0. The molecule has 0 aromatic heterocycles. The summed E-state index contributed by atoms with van der Waals surface area (Å²) in [5, 5.41) is 3.29. The Balaban J connectivity index is 3.35. The number of aryl methyl sites for hydroxylation is 1. The number of hydrogen-bond donors (Lipinski definition) is 1. The second-order valence-electron chi connectivity index (χ2n) is 5.26. The number of nitrogens with one attached hydrogen (secondary N) is 1. The van der Waals surface area contributed by atoms with Crippen molar-refractivity contribution in [3.63, 3.8) is 0 Å². The van der Waals surface area contributed by atoms with E-state index < -0.39 is 0 Å². The van der Waals surface area contributed by atoms with E-state index in [2.05, 4.69) is 52.1 Å². The van der Waals surface area contributed by atoms with Crippen molar-refractivity contribution in [1.82, 2.24) is 5.32 Å². The van der Waals surface area contributed by atoms with Crippen molar-refractivity contribution in [1.29, 1.82) is 0 Å². The first-order chi connectivity index (χ1) is 7.47. The molecule has 0 radical (unpaired) electrons. The maximum absolute atomic E-state index is 3.29. The van der Waals surface area contributed by atoms with Gasteiger partial charge in [0.15, 0.2) is 0 Å². The van der Waals surface area contributed by atoms with Crippen LogP contribution in [-0.4, -0.2) is 7.05 Å². The highest BCUT2D eigenvalue weighted by Gasteiger charge is 2.13. The number of rotatable bonds is 4. The van der Waals surface area contributed by atoms with Gasteiger partial charge in [-0.3, -0.25) is 0 Å². The van der Waals surface area contributed by atoms with Crippen molar-refractivity contribution >= 4 is 0 Å². The fourth-order valence-electron chi connectivity index (χ4n) is 2.28. The zero-order valence-corrected chi connectivity index (χ0v) is 11.5. The molecule has 1 heteroatoms. The highest BCUT2D eigenvalue weighted by atomic mass is 14.8. The van der Waals surface area contributed by atoms with Gasteiger partial charge in [-0.1, -0.05) is 45.4 Å². The number of benzene rings is 1. The van der Waals surface area contributed by atoms with E-state index in [1.165, 1.54) is 22.3 Å². The normalized spacial score (nSPS) is 11.5. The molecule has 0 bridgehead atoms. The van der Waals surface area contributed by atoms with Crippen LogP contribution in [0.25, 0.3) is 0 Å². The highest BCUT2D eigenvalue weighted by Crippen LogP contribution is 2.29. The minimum absolute atomic E-state index is 0.598. The summed E-state index contributed by atoms with van der Waals surface area (Å²) in [5.41, 5.74) is 5.88. The smallest absolute Gasteiger partial charge is 0.0208 e. The topological polar surface area (TPSA) is 12.0 Å². The first-order valence-electron chi connectivity index (χ1n) is 6.25. The molecule has 16 heavy (non-hydrogen) atoms. The van der Waals surface area contributed by atoms with Gasteiger partial charge in [-0.05, 0) is 42.5 Å². The van der Waals surface area contributed by atoms with Crippen LogP contribution < -0.4 is 5.32 Å². The molecule has 1 aromatic rings. The highest BCUT2D eigenvalue weighted by molar-refractivity contribution is 5.42. The van der Waals surface area contributed by atoms with Gasteiger partial charge in [0.25, 0.3) is 0 Å². The Labute approximate surface area is 100 Å². The molecule has 0 spiro atoms. The van der Waals surface area contributed by atoms with Gasteiger partial charge in [0, 0.05) is 6.54 Å². The van der Waals surface area contributed by atoms with Crippen LogP contribution in [-0.2, 0) is 6.54 Å². The summed E-state index contributed by atoms with van der Waals surface area (Å²) in [7, 11) is 2.02. The van der Waals surface area contributed by atoms with Crippen molar-refractivity contribution in [2.45, 2.75) is 53.0 Å². The van der Waals surface area contributed by atoms with E-state index in [1.54, 1.807) is 0 Å². The quantitative estimate of drug-likeness (QED) is 0.808. The minimum atomic E-state index is 0.598. The minimum Gasteiger partial charge on any atom is -0.316 e. The molecule has 0 saturated heterocycles. The van der Waals surface area contributed by atoms with Gasteiger partial charge < -0.3 is 5.32 Å². The maximum Gasteiger partial charge on any atom is 0.0208 e. The lowest BCUT2D eigenvalue weighted by molar-refractivity contribution is 0.741. The first kappa shape index (κ1) is 13.2. The van der Waals surface area contributed by atoms with Crippen LogP contribution in [0, 0.1) is 6.92 Å². The van der Waals surface area contributed by atoms with Crippen molar-refractivity contribution in [2.75, 3.05) is 7.05 Å². The lowest BCUT2D eigenvalue weighted by Gasteiger charge is -2.20. The zero-order chi connectivity index (χ0) is 12.3. The zero-order valence-electron chi connectivity index (χ0n) is 11.5. The van der Waals surface area contributed by atoms with Crippen molar-refractivity contribution in [3.8, 4) is 0 Å². The molecule has 0 heterocycles. The van der Waals surface area contributed by atoms with E-state index >= 15 is 0 Å². The third kappa shape index (κ3) is 2.85. The van der Waals surface area contributed by atoms with E-state index in [0.29, 0.717) is 11.8 Å². The maximum atomic E-state index is 3.29. The second-order valence-corrected chi connectivity index (χ2v) is 5.26. The Morgan fingerprint density at radius 3 is 1.75 bits per heavy atom. The van der Waals surface area contributed by atoms with Crippen LogP contribution in [0.5, 0.6) is 0 Å². The first-order valence-corrected chi connectivity index (χ1v) is 6.25. The third-order valence-corrected chi connectivity index (χ3v) is 3.06. The predicted octanol–water partition coefficient (Wildman–Crippen LogP) is 3.96. The lowest BCUT2D eigenvalue weighted by Crippen LogP contribution is -2.12. The Morgan fingerprint density at radius 1 is 1.00 bits per heavy atom. The molecule has 0 fully saturated rings. The molecule has 1 nitrogen and oxygen atoms in total. The van der Waals surface area contributed by atoms with Gasteiger partial charge >= 0.3 is 0 Å². The molecule has 0 aliphatic heterocycles. The molecule has 1 N–H and O–H groups in total. The van der Waals surface area contributed by atoms with Crippen molar-refractivity contribution < 1.29 is 0 Å². The van der Waals surface area contributed by atoms with Gasteiger partial charge in [-0.2, -0.15) is 0 Å².